The molecule has 0 aromatic heterocycles. The van der Waals surface area contributed by atoms with Gasteiger partial charge in [0.05, 0.1) is 6.61 Å². The second-order valence-corrected chi connectivity index (χ2v) is 7.40. The summed E-state index contributed by atoms with van der Waals surface area (Å²) < 4.78 is 7.01. The molecule has 1 heterocycles. The van der Waals surface area contributed by atoms with Crippen LogP contribution >= 0.6 is 27.7 Å². The van der Waals surface area contributed by atoms with E-state index in [1.54, 1.807) is 0 Å². The lowest BCUT2D eigenvalue weighted by Crippen LogP contribution is -2.34. The topological polar surface area (TPSA) is 21.3 Å². The summed E-state index contributed by atoms with van der Waals surface area (Å²) in [6, 6.07) is 4.95. The van der Waals surface area contributed by atoms with Crippen molar-refractivity contribution in [1.82, 2.24) is 5.32 Å². The maximum absolute atomic E-state index is 5.84. The molecule has 0 fully saturated rings. The van der Waals surface area contributed by atoms with Crippen LogP contribution in [0, 0.1) is 0 Å². The molecule has 20 heavy (non-hydrogen) atoms. The Morgan fingerprint density at radius 2 is 2.25 bits per heavy atom. The average Bonchev–Trinajstić information content (AvgIpc) is 2.89. The molecule has 1 aliphatic rings. The molecular formula is C16H24BrNOS. The summed E-state index contributed by atoms with van der Waals surface area (Å²) in [5.41, 5.74) is 2.70. The van der Waals surface area contributed by atoms with E-state index in [1.165, 1.54) is 27.8 Å². The van der Waals surface area contributed by atoms with Crippen LogP contribution in [0.4, 0.5) is 0 Å². The van der Waals surface area contributed by atoms with E-state index in [0.29, 0.717) is 6.04 Å². The second kappa shape index (κ2) is 8.30. The zero-order valence-corrected chi connectivity index (χ0v) is 14.8. The quantitative estimate of drug-likeness (QED) is 0.758. The first-order valence-electron chi connectivity index (χ1n) is 7.49. The van der Waals surface area contributed by atoms with Gasteiger partial charge in [0.25, 0.3) is 0 Å². The third-order valence-corrected chi connectivity index (χ3v) is 5.00. The zero-order chi connectivity index (χ0) is 14.4. The molecule has 1 aliphatic heterocycles. The fourth-order valence-electron chi connectivity index (χ4n) is 2.56. The van der Waals surface area contributed by atoms with E-state index in [1.807, 2.05) is 11.8 Å². The Kier molecular flexibility index (Phi) is 6.72. The number of benzene rings is 1. The van der Waals surface area contributed by atoms with Crippen LogP contribution in [-0.4, -0.2) is 30.7 Å². The standard InChI is InChI=1S/C16H24BrNOS/c1-3-6-18-15(11-20-4-2)10-13-9-14(17)8-12-5-7-19-16(12)13/h8-9,15,18H,3-7,10-11H2,1-2H3. The van der Waals surface area contributed by atoms with Crippen molar-refractivity contribution in [1.29, 1.82) is 0 Å². The first kappa shape index (κ1) is 16.2. The van der Waals surface area contributed by atoms with Crippen LogP contribution in [0.3, 0.4) is 0 Å². The number of rotatable bonds is 8. The first-order chi connectivity index (χ1) is 9.74. The molecule has 0 aliphatic carbocycles. The summed E-state index contributed by atoms with van der Waals surface area (Å²) in [6.07, 6.45) is 3.27. The largest absolute Gasteiger partial charge is 0.493 e. The van der Waals surface area contributed by atoms with Gasteiger partial charge in [-0.1, -0.05) is 29.8 Å². The molecule has 0 spiro atoms. The summed E-state index contributed by atoms with van der Waals surface area (Å²) in [4.78, 5) is 0. The Morgan fingerprint density at radius 3 is 3.00 bits per heavy atom. The van der Waals surface area contributed by atoms with Gasteiger partial charge in [-0.05, 0) is 48.4 Å². The van der Waals surface area contributed by atoms with Crippen LogP contribution < -0.4 is 10.1 Å². The van der Waals surface area contributed by atoms with Gasteiger partial charge >= 0.3 is 0 Å². The van der Waals surface area contributed by atoms with E-state index in [9.17, 15) is 0 Å². The van der Waals surface area contributed by atoms with Crippen molar-refractivity contribution in [3.05, 3.63) is 27.7 Å². The highest BCUT2D eigenvalue weighted by atomic mass is 79.9. The van der Waals surface area contributed by atoms with Crippen LogP contribution in [0.2, 0.25) is 0 Å². The number of ether oxygens (including phenoxy) is 1. The van der Waals surface area contributed by atoms with Gasteiger partial charge in [0.2, 0.25) is 0 Å². The van der Waals surface area contributed by atoms with E-state index in [0.717, 1.165) is 37.5 Å². The first-order valence-corrected chi connectivity index (χ1v) is 9.44. The predicted molar refractivity (Wildman–Crippen MR) is 92.1 cm³/mol. The van der Waals surface area contributed by atoms with Gasteiger partial charge in [-0.25, -0.2) is 0 Å². The van der Waals surface area contributed by atoms with Crippen molar-refractivity contribution in [2.75, 3.05) is 24.7 Å². The van der Waals surface area contributed by atoms with Crippen molar-refractivity contribution >= 4 is 27.7 Å². The third-order valence-electron chi connectivity index (χ3n) is 3.50. The van der Waals surface area contributed by atoms with E-state index < -0.39 is 0 Å². The van der Waals surface area contributed by atoms with Crippen molar-refractivity contribution < 1.29 is 4.74 Å². The molecule has 112 valence electrons. The monoisotopic (exact) mass is 357 g/mol. The van der Waals surface area contributed by atoms with Gasteiger partial charge < -0.3 is 10.1 Å². The Labute approximate surface area is 135 Å². The molecule has 0 radical (unpaired) electrons. The lowest BCUT2D eigenvalue weighted by atomic mass is 10.0. The SMILES string of the molecule is CCCNC(CSCC)Cc1cc(Br)cc2c1OCC2. The summed E-state index contributed by atoms with van der Waals surface area (Å²) in [6.45, 7) is 6.36. The third kappa shape index (κ3) is 4.40. The fraction of sp³-hybridized carbons (Fsp3) is 0.625. The van der Waals surface area contributed by atoms with Gasteiger partial charge in [-0.2, -0.15) is 11.8 Å². The van der Waals surface area contributed by atoms with Gasteiger partial charge in [0.15, 0.2) is 0 Å². The Morgan fingerprint density at radius 1 is 1.40 bits per heavy atom. The Balaban J connectivity index is 2.09. The van der Waals surface area contributed by atoms with Crippen LogP contribution in [0.1, 0.15) is 31.4 Å². The molecule has 2 nitrogen and oxygen atoms in total. The van der Waals surface area contributed by atoms with Crippen LogP contribution in [0.5, 0.6) is 5.75 Å². The molecule has 1 unspecified atom stereocenters. The van der Waals surface area contributed by atoms with E-state index in [-0.39, 0.29) is 0 Å². The molecule has 0 bridgehead atoms. The maximum Gasteiger partial charge on any atom is 0.125 e. The molecular weight excluding hydrogens is 334 g/mol. The van der Waals surface area contributed by atoms with Crippen molar-refractivity contribution in [2.45, 2.75) is 39.2 Å². The predicted octanol–water partition coefficient (Wildman–Crippen LogP) is 4.05. The molecule has 0 saturated carbocycles. The molecule has 1 atom stereocenters. The molecule has 1 N–H and O–H groups in total. The highest BCUT2D eigenvalue weighted by Gasteiger charge is 2.20. The number of thioether (sulfide) groups is 1. The van der Waals surface area contributed by atoms with E-state index in [2.05, 4.69) is 47.2 Å². The molecule has 0 saturated heterocycles. The number of halogens is 1. The maximum atomic E-state index is 5.84. The summed E-state index contributed by atoms with van der Waals surface area (Å²) in [7, 11) is 0. The molecule has 1 aromatic carbocycles. The molecule has 1 aromatic rings. The highest BCUT2D eigenvalue weighted by molar-refractivity contribution is 9.10. The van der Waals surface area contributed by atoms with Gasteiger partial charge in [-0.3, -0.25) is 0 Å². The number of hydrogen-bond acceptors (Lipinski definition) is 3. The van der Waals surface area contributed by atoms with E-state index >= 15 is 0 Å². The van der Waals surface area contributed by atoms with Crippen molar-refractivity contribution in [3.63, 3.8) is 0 Å². The molecule has 0 amide bonds. The van der Waals surface area contributed by atoms with Crippen LogP contribution in [-0.2, 0) is 12.8 Å². The average molecular weight is 358 g/mol. The van der Waals surface area contributed by atoms with Crippen LogP contribution in [0.25, 0.3) is 0 Å². The normalized spacial score (nSPS) is 14.9. The van der Waals surface area contributed by atoms with Crippen LogP contribution in [0.15, 0.2) is 16.6 Å². The smallest absolute Gasteiger partial charge is 0.125 e. The molecule has 2 rings (SSSR count). The van der Waals surface area contributed by atoms with Crippen molar-refractivity contribution in [3.8, 4) is 5.75 Å². The lowest BCUT2D eigenvalue weighted by molar-refractivity contribution is 0.352. The fourth-order valence-corrected chi connectivity index (χ4v) is 3.87. The summed E-state index contributed by atoms with van der Waals surface area (Å²) in [5, 5.41) is 3.67. The zero-order valence-electron chi connectivity index (χ0n) is 12.4. The minimum absolute atomic E-state index is 0.530. The van der Waals surface area contributed by atoms with Gasteiger partial charge in [0, 0.05) is 22.7 Å². The van der Waals surface area contributed by atoms with Crippen molar-refractivity contribution in [2.24, 2.45) is 0 Å². The van der Waals surface area contributed by atoms with Gasteiger partial charge in [0.1, 0.15) is 5.75 Å². The summed E-state index contributed by atoms with van der Waals surface area (Å²) >= 11 is 5.64. The second-order valence-electron chi connectivity index (χ2n) is 5.17. The lowest BCUT2D eigenvalue weighted by Gasteiger charge is -2.19. The highest BCUT2D eigenvalue weighted by Crippen LogP contribution is 2.33. The van der Waals surface area contributed by atoms with E-state index in [4.69, 9.17) is 4.74 Å². The number of nitrogens with one attached hydrogen (secondary N) is 1. The Bertz CT molecular complexity index is 431. The van der Waals surface area contributed by atoms with Gasteiger partial charge in [-0.15, -0.1) is 0 Å². The minimum Gasteiger partial charge on any atom is -0.493 e. The molecule has 4 heteroatoms. The summed E-state index contributed by atoms with van der Waals surface area (Å²) in [5.74, 6) is 3.48. The number of hydrogen-bond donors (Lipinski definition) is 1. The Hall–Kier alpha value is -0.190. The minimum atomic E-state index is 0.530. The number of fused-ring (bicyclic) bond motifs is 1.